The van der Waals surface area contributed by atoms with Gasteiger partial charge in [-0.05, 0) is 13.8 Å². The average Bonchev–Trinajstić information content (AvgIpc) is 2.72. The minimum Gasteiger partial charge on any atom is -0.394 e. The molecule has 0 radical (unpaired) electrons. The molecule has 0 saturated carbocycles. The fraction of sp³-hybridized carbons (Fsp3) is 0.636. The maximum atomic E-state index is 12.2. The number of amides is 1. The predicted molar refractivity (Wildman–Crippen MR) is 68.5 cm³/mol. The van der Waals surface area contributed by atoms with Crippen LogP contribution in [-0.4, -0.2) is 52.3 Å². The van der Waals surface area contributed by atoms with Crippen molar-refractivity contribution in [1.29, 1.82) is 0 Å². The van der Waals surface area contributed by atoms with Crippen LogP contribution >= 0.6 is 11.3 Å². The number of nitrogen functional groups attached to an aromatic ring is 1. The normalized spacial score (nSPS) is 23.1. The van der Waals surface area contributed by atoms with Gasteiger partial charge in [0.15, 0.2) is 5.13 Å². The number of rotatable bonds is 2. The second kappa shape index (κ2) is 4.83. The van der Waals surface area contributed by atoms with Gasteiger partial charge in [0.05, 0.1) is 18.3 Å². The molecule has 1 aliphatic heterocycles. The molecule has 2 heterocycles. The van der Waals surface area contributed by atoms with Gasteiger partial charge in [0.1, 0.15) is 5.69 Å². The Hall–Kier alpha value is -1.18. The van der Waals surface area contributed by atoms with E-state index in [1.807, 2.05) is 13.8 Å². The summed E-state index contributed by atoms with van der Waals surface area (Å²) in [5.41, 5.74) is 5.41. The minimum atomic E-state index is -0.469. The standard InChI is InChI=1S/C11H17N3O3S/c1-11(2)6-14(3-7(4-15)17-11)9(16)8-5-18-10(12)13-8/h5,7,15H,3-4,6H2,1-2H3,(H2,12,13). The SMILES string of the molecule is CC1(C)CN(C(=O)c2csc(N)n2)CC(CO)O1. The number of thiazole rings is 1. The van der Waals surface area contributed by atoms with Gasteiger partial charge in [-0.25, -0.2) is 4.98 Å². The van der Waals surface area contributed by atoms with E-state index in [0.717, 1.165) is 0 Å². The Kier molecular flexibility index (Phi) is 3.56. The second-order valence-electron chi connectivity index (χ2n) is 4.94. The van der Waals surface area contributed by atoms with E-state index in [1.54, 1.807) is 10.3 Å². The Labute approximate surface area is 109 Å². The maximum absolute atomic E-state index is 12.2. The number of nitrogens with two attached hydrogens (primary N) is 1. The summed E-state index contributed by atoms with van der Waals surface area (Å²) >= 11 is 1.24. The summed E-state index contributed by atoms with van der Waals surface area (Å²) in [4.78, 5) is 17.9. The van der Waals surface area contributed by atoms with Crippen LogP contribution in [0.25, 0.3) is 0 Å². The van der Waals surface area contributed by atoms with Gasteiger partial charge in [-0.15, -0.1) is 11.3 Å². The third-order valence-corrected chi connectivity index (χ3v) is 3.39. The third kappa shape index (κ3) is 2.80. The molecule has 2 rings (SSSR count). The number of ether oxygens (including phenoxy) is 1. The fourth-order valence-corrected chi connectivity index (χ4v) is 2.63. The Morgan fingerprint density at radius 2 is 2.50 bits per heavy atom. The minimum absolute atomic E-state index is 0.105. The highest BCUT2D eigenvalue weighted by Crippen LogP contribution is 2.23. The van der Waals surface area contributed by atoms with Crippen LogP contribution in [0, 0.1) is 0 Å². The first-order chi connectivity index (χ1) is 8.41. The Bertz CT molecular complexity index is 446. The molecule has 0 aromatic carbocycles. The fourth-order valence-electron chi connectivity index (χ4n) is 2.09. The van der Waals surface area contributed by atoms with Gasteiger partial charge < -0.3 is 20.5 Å². The lowest BCUT2D eigenvalue weighted by molar-refractivity contribution is -0.139. The number of hydrogen-bond donors (Lipinski definition) is 2. The smallest absolute Gasteiger partial charge is 0.273 e. The number of anilines is 1. The van der Waals surface area contributed by atoms with Crippen LogP contribution in [-0.2, 0) is 4.74 Å². The van der Waals surface area contributed by atoms with Crippen molar-refractivity contribution in [1.82, 2.24) is 9.88 Å². The molecule has 0 aliphatic carbocycles. The van der Waals surface area contributed by atoms with E-state index in [2.05, 4.69) is 4.98 Å². The number of hydrogen-bond acceptors (Lipinski definition) is 6. The van der Waals surface area contributed by atoms with Gasteiger partial charge in [0.2, 0.25) is 0 Å². The summed E-state index contributed by atoms with van der Waals surface area (Å²) in [6.45, 7) is 4.53. The van der Waals surface area contributed by atoms with Crippen molar-refractivity contribution >= 4 is 22.4 Å². The molecule has 1 amide bonds. The molecule has 1 aromatic rings. The zero-order valence-electron chi connectivity index (χ0n) is 10.4. The maximum Gasteiger partial charge on any atom is 0.273 e. The zero-order valence-corrected chi connectivity index (χ0v) is 11.2. The molecular weight excluding hydrogens is 254 g/mol. The van der Waals surface area contributed by atoms with Crippen LogP contribution < -0.4 is 5.73 Å². The van der Waals surface area contributed by atoms with Crippen molar-refractivity contribution < 1.29 is 14.6 Å². The van der Waals surface area contributed by atoms with E-state index >= 15 is 0 Å². The summed E-state index contributed by atoms with van der Waals surface area (Å²) in [6, 6.07) is 0. The van der Waals surface area contributed by atoms with E-state index in [-0.39, 0.29) is 18.6 Å². The molecular formula is C11H17N3O3S. The average molecular weight is 271 g/mol. The van der Waals surface area contributed by atoms with Crippen LogP contribution in [0.1, 0.15) is 24.3 Å². The van der Waals surface area contributed by atoms with Gasteiger partial charge in [0, 0.05) is 18.5 Å². The number of morpholine rings is 1. The molecule has 0 bridgehead atoms. The van der Waals surface area contributed by atoms with E-state index in [1.165, 1.54) is 11.3 Å². The summed E-state index contributed by atoms with van der Waals surface area (Å²) in [5, 5.41) is 11.2. The number of aliphatic hydroxyl groups is 1. The van der Waals surface area contributed by atoms with Gasteiger partial charge in [-0.1, -0.05) is 0 Å². The highest BCUT2D eigenvalue weighted by Gasteiger charge is 2.36. The van der Waals surface area contributed by atoms with Crippen LogP contribution in [0.15, 0.2) is 5.38 Å². The monoisotopic (exact) mass is 271 g/mol. The topological polar surface area (TPSA) is 88.7 Å². The van der Waals surface area contributed by atoms with Gasteiger partial charge in [-0.2, -0.15) is 0 Å². The second-order valence-corrected chi connectivity index (χ2v) is 5.83. The summed E-state index contributed by atoms with van der Waals surface area (Å²) in [6.07, 6.45) is -0.353. The molecule has 6 nitrogen and oxygen atoms in total. The molecule has 100 valence electrons. The quantitative estimate of drug-likeness (QED) is 0.809. The number of nitrogens with zero attached hydrogens (tertiary/aromatic N) is 2. The van der Waals surface area contributed by atoms with Crippen molar-refractivity contribution in [2.24, 2.45) is 0 Å². The van der Waals surface area contributed by atoms with Crippen molar-refractivity contribution in [2.45, 2.75) is 25.6 Å². The molecule has 1 unspecified atom stereocenters. The molecule has 1 fully saturated rings. The van der Waals surface area contributed by atoms with Crippen LogP contribution in [0.5, 0.6) is 0 Å². The molecule has 3 N–H and O–H groups in total. The van der Waals surface area contributed by atoms with Crippen molar-refractivity contribution in [3.8, 4) is 0 Å². The molecule has 1 atom stereocenters. The largest absolute Gasteiger partial charge is 0.394 e. The lowest BCUT2D eigenvalue weighted by Crippen LogP contribution is -2.55. The number of aliphatic hydroxyl groups excluding tert-OH is 1. The first-order valence-corrected chi connectivity index (χ1v) is 6.58. The van der Waals surface area contributed by atoms with Gasteiger partial charge in [0.25, 0.3) is 5.91 Å². The van der Waals surface area contributed by atoms with Crippen LogP contribution in [0.3, 0.4) is 0 Å². The number of carbonyl (C=O) groups excluding carboxylic acids is 1. The third-order valence-electron chi connectivity index (χ3n) is 2.71. The van der Waals surface area contributed by atoms with Crippen molar-refractivity contribution in [2.75, 3.05) is 25.4 Å². The van der Waals surface area contributed by atoms with E-state index < -0.39 is 5.60 Å². The van der Waals surface area contributed by atoms with Crippen LogP contribution in [0.4, 0.5) is 5.13 Å². The highest BCUT2D eigenvalue weighted by atomic mass is 32.1. The number of aromatic nitrogens is 1. The predicted octanol–water partition coefficient (Wildman–Crippen LogP) is 0.337. The number of carbonyl (C=O) groups is 1. The Morgan fingerprint density at radius 3 is 3.06 bits per heavy atom. The first-order valence-electron chi connectivity index (χ1n) is 5.70. The zero-order chi connectivity index (χ0) is 13.3. The molecule has 18 heavy (non-hydrogen) atoms. The summed E-state index contributed by atoms with van der Waals surface area (Å²) in [7, 11) is 0. The van der Waals surface area contributed by atoms with Gasteiger partial charge in [-0.3, -0.25) is 4.79 Å². The van der Waals surface area contributed by atoms with Gasteiger partial charge >= 0.3 is 0 Å². The van der Waals surface area contributed by atoms with E-state index in [0.29, 0.717) is 23.9 Å². The lowest BCUT2D eigenvalue weighted by Gasteiger charge is -2.42. The van der Waals surface area contributed by atoms with Crippen molar-refractivity contribution in [3.63, 3.8) is 0 Å². The first kappa shape index (κ1) is 13.3. The molecule has 1 aromatic heterocycles. The summed E-state index contributed by atoms with van der Waals surface area (Å²) < 4.78 is 5.66. The highest BCUT2D eigenvalue weighted by molar-refractivity contribution is 7.13. The van der Waals surface area contributed by atoms with Crippen molar-refractivity contribution in [3.05, 3.63) is 11.1 Å². The molecule has 1 aliphatic rings. The summed E-state index contributed by atoms with van der Waals surface area (Å²) in [5.74, 6) is -0.169. The molecule has 7 heteroatoms. The Balaban J connectivity index is 2.14. The van der Waals surface area contributed by atoms with E-state index in [4.69, 9.17) is 10.5 Å². The van der Waals surface area contributed by atoms with Crippen LogP contribution in [0.2, 0.25) is 0 Å². The lowest BCUT2D eigenvalue weighted by atomic mass is 10.1. The molecule has 0 spiro atoms. The molecule has 1 saturated heterocycles. The Morgan fingerprint density at radius 1 is 1.78 bits per heavy atom. The van der Waals surface area contributed by atoms with E-state index in [9.17, 15) is 9.90 Å².